The van der Waals surface area contributed by atoms with Gasteiger partial charge in [0.15, 0.2) is 0 Å². The monoisotopic (exact) mass is 447 g/mol. The van der Waals surface area contributed by atoms with E-state index in [1.165, 1.54) is 15.6 Å². The van der Waals surface area contributed by atoms with Crippen molar-refractivity contribution in [2.24, 2.45) is 0 Å². The molecular formula is C22H29N3O3S2. The lowest BCUT2D eigenvalue weighted by molar-refractivity contribution is -0.126. The summed E-state index contributed by atoms with van der Waals surface area (Å²) in [6.07, 6.45) is 2.19. The molecule has 1 fully saturated rings. The number of benzene rings is 1. The number of carbonyl (C=O) groups excluding carboxylic acids is 1. The first kappa shape index (κ1) is 21.5. The highest BCUT2D eigenvalue weighted by molar-refractivity contribution is 7.91. The maximum Gasteiger partial charge on any atom is 0.253 e. The molecule has 6 nitrogen and oxygen atoms in total. The van der Waals surface area contributed by atoms with Gasteiger partial charge in [0.05, 0.1) is 0 Å². The van der Waals surface area contributed by atoms with Crippen LogP contribution in [-0.2, 0) is 27.8 Å². The molecule has 1 atom stereocenters. The molecule has 1 aromatic carbocycles. The summed E-state index contributed by atoms with van der Waals surface area (Å²) in [5.74, 6) is -0.187. The van der Waals surface area contributed by atoms with Crippen LogP contribution < -0.4 is 5.32 Å². The lowest BCUT2D eigenvalue weighted by Gasteiger charge is -2.38. The topological polar surface area (TPSA) is 69.7 Å². The van der Waals surface area contributed by atoms with Crippen LogP contribution >= 0.6 is 11.3 Å². The van der Waals surface area contributed by atoms with Gasteiger partial charge in [0, 0.05) is 31.7 Å². The standard InChI is InChI=1S/C22H29N3O3S2/c1-16(2)24-11-9-19(10-12-24)23-22(26)20-14-17-6-3-4-7-18(17)15-25(20)30(27,28)21-8-5-13-29-21/h3-8,13,16,19-20H,9-12,14-15H2,1-2H3,(H,23,26). The highest BCUT2D eigenvalue weighted by Crippen LogP contribution is 2.31. The Labute approximate surface area is 182 Å². The third-order valence-electron chi connectivity index (χ3n) is 6.17. The quantitative estimate of drug-likeness (QED) is 0.765. The Bertz CT molecular complexity index is 981. The first-order valence-electron chi connectivity index (χ1n) is 10.5. The summed E-state index contributed by atoms with van der Waals surface area (Å²) >= 11 is 1.19. The van der Waals surface area contributed by atoms with Gasteiger partial charge in [-0.25, -0.2) is 8.42 Å². The van der Waals surface area contributed by atoms with Crippen LogP contribution in [0.2, 0.25) is 0 Å². The van der Waals surface area contributed by atoms with Gasteiger partial charge in [-0.1, -0.05) is 30.3 Å². The van der Waals surface area contributed by atoms with Crippen LogP contribution in [0, 0.1) is 0 Å². The zero-order chi connectivity index (χ0) is 21.3. The number of likely N-dealkylation sites (tertiary alicyclic amines) is 1. The van der Waals surface area contributed by atoms with Gasteiger partial charge < -0.3 is 10.2 Å². The van der Waals surface area contributed by atoms with Gasteiger partial charge in [0.1, 0.15) is 10.3 Å². The van der Waals surface area contributed by atoms with Gasteiger partial charge >= 0.3 is 0 Å². The van der Waals surface area contributed by atoms with Gasteiger partial charge in [0.2, 0.25) is 5.91 Å². The molecular weight excluding hydrogens is 418 g/mol. The molecule has 1 amide bonds. The van der Waals surface area contributed by atoms with Crippen LogP contribution in [0.15, 0.2) is 46.0 Å². The summed E-state index contributed by atoms with van der Waals surface area (Å²) < 4.78 is 28.3. The molecule has 0 saturated carbocycles. The molecule has 1 unspecified atom stereocenters. The molecule has 0 aliphatic carbocycles. The summed E-state index contributed by atoms with van der Waals surface area (Å²) in [6, 6.07) is 11.0. The van der Waals surface area contributed by atoms with Crippen molar-refractivity contribution in [3.63, 3.8) is 0 Å². The third-order valence-corrected chi connectivity index (χ3v) is 9.40. The number of rotatable bonds is 5. The molecule has 2 aliphatic heterocycles. The fourth-order valence-corrected chi connectivity index (χ4v) is 7.04. The van der Waals surface area contributed by atoms with E-state index < -0.39 is 16.1 Å². The Balaban J connectivity index is 1.55. The summed E-state index contributed by atoms with van der Waals surface area (Å²) in [4.78, 5) is 15.7. The minimum atomic E-state index is -3.73. The Kier molecular flexibility index (Phi) is 6.29. The molecule has 162 valence electrons. The molecule has 30 heavy (non-hydrogen) atoms. The Morgan fingerprint density at radius 1 is 1.10 bits per heavy atom. The van der Waals surface area contributed by atoms with Crippen LogP contribution in [0.5, 0.6) is 0 Å². The van der Waals surface area contributed by atoms with Crippen LogP contribution in [-0.4, -0.2) is 54.7 Å². The molecule has 0 spiro atoms. The molecule has 8 heteroatoms. The average molecular weight is 448 g/mol. The predicted molar refractivity (Wildman–Crippen MR) is 119 cm³/mol. The van der Waals surface area contributed by atoms with Crippen molar-refractivity contribution >= 4 is 27.3 Å². The Morgan fingerprint density at radius 2 is 1.80 bits per heavy atom. The van der Waals surface area contributed by atoms with Crippen molar-refractivity contribution in [3.8, 4) is 0 Å². The van der Waals surface area contributed by atoms with E-state index in [1.807, 2.05) is 24.3 Å². The van der Waals surface area contributed by atoms with E-state index in [0.717, 1.165) is 37.1 Å². The van der Waals surface area contributed by atoms with E-state index >= 15 is 0 Å². The summed E-state index contributed by atoms with van der Waals surface area (Å²) in [5, 5.41) is 4.91. The molecule has 4 rings (SSSR count). The van der Waals surface area contributed by atoms with Crippen LogP contribution in [0.3, 0.4) is 0 Å². The van der Waals surface area contributed by atoms with Crippen LogP contribution in [0.1, 0.15) is 37.8 Å². The van der Waals surface area contributed by atoms with Gasteiger partial charge in [-0.3, -0.25) is 4.79 Å². The Hall–Kier alpha value is -1.74. The predicted octanol–water partition coefficient (Wildman–Crippen LogP) is 2.85. The summed E-state index contributed by atoms with van der Waals surface area (Å²) in [7, 11) is -3.73. The zero-order valence-electron chi connectivity index (χ0n) is 17.5. The molecule has 0 bridgehead atoms. The maximum atomic E-state index is 13.3. The van der Waals surface area contributed by atoms with Crippen molar-refractivity contribution in [1.29, 1.82) is 0 Å². The first-order chi connectivity index (χ1) is 14.4. The van der Waals surface area contributed by atoms with E-state index in [4.69, 9.17) is 0 Å². The van der Waals surface area contributed by atoms with Gasteiger partial charge in [-0.15, -0.1) is 11.3 Å². The van der Waals surface area contributed by atoms with Crippen molar-refractivity contribution in [3.05, 3.63) is 52.9 Å². The molecule has 0 radical (unpaired) electrons. The number of amides is 1. The normalized spacial score (nSPS) is 21.5. The van der Waals surface area contributed by atoms with Crippen molar-refractivity contribution in [1.82, 2.24) is 14.5 Å². The second-order valence-corrected chi connectivity index (χ2v) is 11.4. The number of sulfonamides is 1. The van der Waals surface area contributed by atoms with Crippen molar-refractivity contribution < 1.29 is 13.2 Å². The van der Waals surface area contributed by atoms with Crippen molar-refractivity contribution in [2.45, 2.75) is 62.0 Å². The number of piperidine rings is 1. The van der Waals surface area contributed by atoms with Gasteiger partial charge in [0.25, 0.3) is 10.0 Å². The van der Waals surface area contributed by atoms with E-state index in [2.05, 4.69) is 24.1 Å². The number of nitrogens with zero attached hydrogens (tertiary/aromatic N) is 2. The highest BCUT2D eigenvalue weighted by atomic mass is 32.2. The summed E-state index contributed by atoms with van der Waals surface area (Å²) in [6.45, 7) is 6.50. The molecule has 1 saturated heterocycles. The minimum Gasteiger partial charge on any atom is -0.352 e. The van der Waals surface area contributed by atoms with E-state index in [-0.39, 0.29) is 22.7 Å². The molecule has 1 aromatic heterocycles. The highest BCUT2D eigenvalue weighted by Gasteiger charge is 2.40. The number of carbonyl (C=O) groups is 1. The third kappa shape index (κ3) is 4.32. The molecule has 2 aromatic rings. The lowest BCUT2D eigenvalue weighted by Crippen LogP contribution is -2.55. The lowest BCUT2D eigenvalue weighted by atomic mass is 9.95. The maximum absolute atomic E-state index is 13.3. The zero-order valence-corrected chi connectivity index (χ0v) is 19.1. The first-order valence-corrected chi connectivity index (χ1v) is 12.8. The Morgan fingerprint density at radius 3 is 2.43 bits per heavy atom. The smallest absolute Gasteiger partial charge is 0.253 e. The summed E-state index contributed by atoms with van der Waals surface area (Å²) in [5.41, 5.74) is 2.01. The van der Waals surface area contributed by atoms with Crippen LogP contribution in [0.25, 0.3) is 0 Å². The van der Waals surface area contributed by atoms with Crippen molar-refractivity contribution in [2.75, 3.05) is 13.1 Å². The molecule has 1 N–H and O–H groups in total. The largest absolute Gasteiger partial charge is 0.352 e. The number of fused-ring (bicyclic) bond motifs is 1. The number of hydrogen-bond donors (Lipinski definition) is 1. The number of thiophene rings is 1. The van der Waals surface area contributed by atoms with E-state index in [1.54, 1.807) is 17.5 Å². The molecule has 3 heterocycles. The van der Waals surface area contributed by atoms with Gasteiger partial charge in [-0.2, -0.15) is 4.31 Å². The second kappa shape index (κ2) is 8.78. The fraction of sp³-hybridized carbons (Fsp3) is 0.500. The number of hydrogen-bond acceptors (Lipinski definition) is 5. The fourth-order valence-electron chi connectivity index (χ4n) is 4.36. The molecule has 2 aliphatic rings. The van der Waals surface area contributed by atoms with Crippen LogP contribution in [0.4, 0.5) is 0 Å². The average Bonchev–Trinajstić information content (AvgIpc) is 3.29. The van der Waals surface area contributed by atoms with Gasteiger partial charge in [-0.05, 0) is 55.7 Å². The van der Waals surface area contributed by atoms with E-state index in [0.29, 0.717) is 12.5 Å². The SMILES string of the molecule is CC(C)N1CCC(NC(=O)C2Cc3ccccc3CN2S(=O)(=O)c2cccs2)CC1. The second-order valence-electron chi connectivity index (χ2n) is 8.38. The van der Waals surface area contributed by atoms with E-state index in [9.17, 15) is 13.2 Å². The minimum absolute atomic E-state index is 0.0935. The number of nitrogens with one attached hydrogen (secondary N) is 1.